The van der Waals surface area contributed by atoms with Gasteiger partial charge in [-0.1, -0.05) is 12.1 Å². The first kappa shape index (κ1) is 12.4. The van der Waals surface area contributed by atoms with E-state index in [1.165, 1.54) is 17.7 Å². The van der Waals surface area contributed by atoms with Crippen LogP contribution in [-0.2, 0) is 17.8 Å². The molecule has 0 spiro atoms. The van der Waals surface area contributed by atoms with Gasteiger partial charge in [-0.25, -0.2) is 0 Å². The summed E-state index contributed by atoms with van der Waals surface area (Å²) >= 11 is 0. The second-order valence-corrected chi connectivity index (χ2v) is 4.56. The molecular weight excluding hydrogens is 214 g/mol. The Hall–Kier alpha value is -1.06. The number of fused-ring (bicyclic) bond motifs is 1. The van der Waals surface area contributed by atoms with Gasteiger partial charge in [0, 0.05) is 32.5 Å². The van der Waals surface area contributed by atoms with Crippen molar-refractivity contribution in [3.8, 4) is 0 Å². The van der Waals surface area contributed by atoms with Crippen LogP contribution < -0.4 is 4.90 Å². The van der Waals surface area contributed by atoms with Crippen LogP contribution in [0, 0.1) is 0 Å². The van der Waals surface area contributed by atoms with Crippen molar-refractivity contribution in [2.24, 2.45) is 0 Å². The molecule has 17 heavy (non-hydrogen) atoms. The second-order valence-electron chi connectivity index (χ2n) is 4.56. The largest absolute Gasteiger partial charge is 0.392 e. The molecule has 1 aliphatic heterocycles. The number of ether oxygens (including phenoxy) is 1. The minimum absolute atomic E-state index is 0.124. The average molecular weight is 235 g/mol. The van der Waals surface area contributed by atoms with Gasteiger partial charge in [-0.05, 0) is 36.5 Å². The molecule has 3 nitrogen and oxygen atoms in total. The van der Waals surface area contributed by atoms with Gasteiger partial charge in [-0.3, -0.25) is 0 Å². The molecule has 0 aromatic heterocycles. The summed E-state index contributed by atoms with van der Waals surface area (Å²) in [6.07, 6.45) is 3.43. The lowest BCUT2D eigenvalue weighted by molar-refractivity contribution is 0.196. The number of benzene rings is 1. The minimum atomic E-state index is 0.124. The highest BCUT2D eigenvalue weighted by Gasteiger charge is 2.16. The summed E-state index contributed by atoms with van der Waals surface area (Å²) in [5.74, 6) is 0. The van der Waals surface area contributed by atoms with Gasteiger partial charge in [0.2, 0.25) is 0 Å². The van der Waals surface area contributed by atoms with Crippen LogP contribution >= 0.6 is 0 Å². The molecule has 1 aromatic carbocycles. The second kappa shape index (κ2) is 6.03. The summed E-state index contributed by atoms with van der Waals surface area (Å²) in [6, 6.07) is 6.31. The first-order valence-corrected chi connectivity index (χ1v) is 6.31. The van der Waals surface area contributed by atoms with Crippen LogP contribution in [-0.4, -0.2) is 31.9 Å². The molecule has 0 unspecified atom stereocenters. The van der Waals surface area contributed by atoms with Crippen LogP contribution in [0.2, 0.25) is 0 Å². The number of anilines is 1. The van der Waals surface area contributed by atoms with Crippen molar-refractivity contribution in [1.82, 2.24) is 0 Å². The monoisotopic (exact) mass is 235 g/mol. The number of aryl methyl sites for hydroxylation is 1. The molecule has 94 valence electrons. The topological polar surface area (TPSA) is 32.7 Å². The number of nitrogens with zero attached hydrogens (tertiary/aromatic N) is 1. The third kappa shape index (κ3) is 2.99. The molecule has 0 atom stereocenters. The minimum Gasteiger partial charge on any atom is -0.392 e. The predicted octanol–water partition coefficient (Wildman–Crippen LogP) is 1.97. The first-order chi connectivity index (χ1) is 8.35. The highest BCUT2D eigenvalue weighted by Crippen LogP contribution is 2.28. The van der Waals surface area contributed by atoms with Crippen LogP contribution in [0.1, 0.15) is 24.0 Å². The lowest BCUT2D eigenvalue weighted by atomic mass is 9.99. The van der Waals surface area contributed by atoms with E-state index in [4.69, 9.17) is 4.74 Å². The number of hydrogen-bond acceptors (Lipinski definition) is 3. The van der Waals surface area contributed by atoms with E-state index in [-0.39, 0.29) is 6.61 Å². The van der Waals surface area contributed by atoms with Crippen molar-refractivity contribution in [2.45, 2.75) is 25.9 Å². The Morgan fingerprint density at radius 1 is 1.41 bits per heavy atom. The molecule has 0 saturated carbocycles. The fourth-order valence-corrected chi connectivity index (χ4v) is 2.43. The first-order valence-electron chi connectivity index (χ1n) is 6.31. The smallest absolute Gasteiger partial charge is 0.0682 e. The van der Waals surface area contributed by atoms with Gasteiger partial charge in [0.15, 0.2) is 0 Å². The Morgan fingerprint density at radius 2 is 2.29 bits per heavy atom. The number of methoxy groups -OCH3 is 1. The summed E-state index contributed by atoms with van der Waals surface area (Å²) in [5, 5.41) is 9.20. The Kier molecular flexibility index (Phi) is 4.40. The molecule has 0 bridgehead atoms. The van der Waals surface area contributed by atoms with Crippen LogP contribution in [0.3, 0.4) is 0 Å². The summed E-state index contributed by atoms with van der Waals surface area (Å²) in [5.41, 5.74) is 3.71. The molecule has 0 radical (unpaired) electrons. The normalized spacial score (nSPS) is 14.8. The zero-order chi connectivity index (χ0) is 12.1. The van der Waals surface area contributed by atoms with Crippen molar-refractivity contribution in [2.75, 3.05) is 31.7 Å². The third-order valence-corrected chi connectivity index (χ3v) is 3.32. The predicted molar refractivity (Wildman–Crippen MR) is 69.4 cm³/mol. The fraction of sp³-hybridized carbons (Fsp3) is 0.571. The van der Waals surface area contributed by atoms with E-state index in [9.17, 15) is 5.11 Å². The van der Waals surface area contributed by atoms with Crippen LogP contribution in [0.4, 0.5) is 5.69 Å². The summed E-state index contributed by atoms with van der Waals surface area (Å²) < 4.78 is 5.10. The van der Waals surface area contributed by atoms with Gasteiger partial charge in [0.25, 0.3) is 0 Å². The highest BCUT2D eigenvalue weighted by molar-refractivity contribution is 5.57. The molecule has 3 heteroatoms. The van der Waals surface area contributed by atoms with Gasteiger partial charge >= 0.3 is 0 Å². The van der Waals surface area contributed by atoms with Crippen molar-refractivity contribution >= 4 is 5.69 Å². The number of aliphatic hydroxyl groups is 1. The SMILES string of the molecule is COCCCN1CCCc2ccc(CO)cc21. The fourth-order valence-electron chi connectivity index (χ4n) is 2.43. The van der Waals surface area contributed by atoms with E-state index in [2.05, 4.69) is 17.0 Å². The van der Waals surface area contributed by atoms with Crippen LogP contribution in [0.15, 0.2) is 18.2 Å². The average Bonchev–Trinajstić information content (AvgIpc) is 2.39. The zero-order valence-electron chi connectivity index (χ0n) is 10.5. The molecule has 1 aliphatic rings. The van der Waals surface area contributed by atoms with Gasteiger partial charge < -0.3 is 14.7 Å². The Labute approximate surface area is 103 Å². The molecule has 1 N–H and O–H groups in total. The summed E-state index contributed by atoms with van der Waals surface area (Å²) in [4.78, 5) is 2.41. The van der Waals surface area contributed by atoms with Crippen molar-refractivity contribution in [3.63, 3.8) is 0 Å². The van der Waals surface area contributed by atoms with Gasteiger partial charge in [-0.15, -0.1) is 0 Å². The van der Waals surface area contributed by atoms with E-state index in [1.54, 1.807) is 7.11 Å². The van der Waals surface area contributed by atoms with Crippen LogP contribution in [0.5, 0.6) is 0 Å². The number of rotatable bonds is 5. The maximum atomic E-state index is 9.20. The lowest BCUT2D eigenvalue weighted by Crippen LogP contribution is -2.31. The van der Waals surface area contributed by atoms with E-state index < -0.39 is 0 Å². The summed E-state index contributed by atoms with van der Waals surface area (Å²) in [6.45, 7) is 3.09. The molecule has 0 amide bonds. The highest BCUT2D eigenvalue weighted by atomic mass is 16.5. The summed E-state index contributed by atoms with van der Waals surface area (Å²) in [7, 11) is 1.74. The van der Waals surface area contributed by atoms with Crippen molar-refractivity contribution < 1.29 is 9.84 Å². The maximum absolute atomic E-state index is 9.20. The molecule has 0 aliphatic carbocycles. The van der Waals surface area contributed by atoms with Gasteiger partial charge in [0.1, 0.15) is 0 Å². The van der Waals surface area contributed by atoms with E-state index >= 15 is 0 Å². The van der Waals surface area contributed by atoms with E-state index in [1.807, 2.05) is 6.07 Å². The maximum Gasteiger partial charge on any atom is 0.0682 e. The van der Waals surface area contributed by atoms with Crippen LogP contribution in [0.25, 0.3) is 0 Å². The zero-order valence-corrected chi connectivity index (χ0v) is 10.5. The molecule has 1 heterocycles. The quantitative estimate of drug-likeness (QED) is 0.792. The van der Waals surface area contributed by atoms with E-state index in [0.717, 1.165) is 38.1 Å². The molecule has 0 fully saturated rings. The standard InChI is InChI=1S/C14H21NO2/c1-17-9-3-8-15-7-2-4-13-6-5-12(11-16)10-14(13)15/h5-6,10,16H,2-4,7-9,11H2,1H3. The lowest BCUT2D eigenvalue weighted by Gasteiger charge is -2.31. The molecule has 0 saturated heterocycles. The van der Waals surface area contributed by atoms with E-state index in [0.29, 0.717) is 0 Å². The Bertz CT molecular complexity index is 365. The molecule has 2 rings (SSSR count). The Morgan fingerprint density at radius 3 is 3.06 bits per heavy atom. The number of hydrogen-bond donors (Lipinski definition) is 1. The molecular formula is C14H21NO2. The van der Waals surface area contributed by atoms with Gasteiger partial charge in [-0.2, -0.15) is 0 Å². The van der Waals surface area contributed by atoms with Crippen molar-refractivity contribution in [3.05, 3.63) is 29.3 Å². The molecule has 1 aromatic rings. The van der Waals surface area contributed by atoms with Gasteiger partial charge in [0.05, 0.1) is 6.61 Å². The third-order valence-electron chi connectivity index (χ3n) is 3.32. The van der Waals surface area contributed by atoms with Crippen molar-refractivity contribution in [1.29, 1.82) is 0 Å². The Balaban J connectivity index is 2.11. The number of aliphatic hydroxyl groups excluding tert-OH is 1.